The maximum absolute atomic E-state index is 8.95. The molecule has 0 atom stereocenters. The van der Waals surface area contributed by atoms with E-state index < -0.39 is 0 Å². The van der Waals surface area contributed by atoms with Gasteiger partial charge in [0, 0.05) is 13.1 Å². The fraction of sp³-hybridized carbons (Fsp3) is 0.278. The van der Waals surface area contributed by atoms with E-state index in [1.807, 2.05) is 42.5 Å². The van der Waals surface area contributed by atoms with Gasteiger partial charge in [0.05, 0.1) is 25.9 Å². The summed E-state index contributed by atoms with van der Waals surface area (Å²) in [6.45, 7) is 1.57. The van der Waals surface area contributed by atoms with Crippen LogP contribution in [0, 0.1) is 11.3 Å². The second-order valence-corrected chi connectivity index (χ2v) is 5.17. The molecule has 0 spiro atoms. The molecule has 4 heteroatoms. The molecule has 22 heavy (non-hydrogen) atoms. The number of hydrogen-bond donors (Lipinski definition) is 0. The average Bonchev–Trinajstić information content (AvgIpc) is 2.54. The van der Waals surface area contributed by atoms with Crippen LogP contribution >= 0.6 is 0 Å². The van der Waals surface area contributed by atoms with E-state index in [2.05, 4.69) is 18.0 Å². The second kappa shape index (κ2) is 7.48. The van der Waals surface area contributed by atoms with Gasteiger partial charge in [0.15, 0.2) is 11.5 Å². The summed E-state index contributed by atoms with van der Waals surface area (Å²) in [4.78, 5) is 2.19. The first-order valence-corrected chi connectivity index (χ1v) is 7.04. The third kappa shape index (κ3) is 4.00. The first-order chi connectivity index (χ1) is 10.7. The molecule has 0 N–H and O–H groups in total. The minimum atomic E-state index is 0.692. The van der Waals surface area contributed by atoms with Crippen LogP contribution in [0.5, 0.6) is 11.5 Å². The summed E-state index contributed by atoms with van der Waals surface area (Å²) in [6, 6.07) is 15.8. The van der Waals surface area contributed by atoms with Crippen molar-refractivity contribution in [3.63, 3.8) is 0 Å². The Morgan fingerprint density at radius 2 is 1.64 bits per heavy atom. The van der Waals surface area contributed by atoms with Gasteiger partial charge >= 0.3 is 0 Å². The molecular weight excluding hydrogens is 276 g/mol. The molecule has 0 amide bonds. The molecule has 2 rings (SSSR count). The summed E-state index contributed by atoms with van der Waals surface area (Å²) >= 11 is 0. The fourth-order valence-electron chi connectivity index (χ4n) is 2.40. The summed E-state index contributed by atoms with van der Waals surface area (Å²) in [5.74, 6) is 1.47. The highest BCUT2D eigenvalue weighted by atomic mass is 16.5. The number of nitrogens with zero attached hydrogens (tertiary/aromatic N) is 2. The van der Waals surface area contributed by atoms with Crippen molar-refractivity contribution in [2.45, 2.75) is 13.1 Å². The molecule has 2 aromatic carbocycles. The van der Waals surface area contributed by atoms with Crippen molar-refractivity contribution in [1.82, 2.24) is 4.90 Å². The molecule has 0 aliphatic carbocycles. The van der Waals surface area contributed by atoms with Crippen LogP contribution in [0.15, 0.2) is 42.5 Å². The van der Waals surface area contributed by atoms with Crippen LogP contribution in [0.4, 0.5) is 0 Å². The molecule has 0 radical (unpaired) electrons. The zero-order valence-electron chi connectivity index (χ0n) is 13.2. The third-order valence-electron chi connectivity index (χ3n) is 3.41. The first-order valence-electron chi connectivity index (χ1n) is 7.04. The Kier molecular flexibility index (Phi) is 5.40. The minimum Gasteiger partial charge on any atom is -0.493 e. The quantitative estimate of drug-likeness (QED) is 0.821. The molecule has 4 nitrogen and oxygen atoms in total. The van der Waals surface area contributed by atoms with Crippen LogP contribution in [0.25, 0.3) is 0 Å². The van der Waals surface area contributed by atoms with Crippen LogP contribution in [-0.4, -0.2) is 26.2 Å². The zero-order valence-corrected chi connectivity index (χ0v) is 13.2. The van der Waals surface area contributed by atoms with Crippen molar-refractivity contribution in [3.8, 4) is 17.6 Å². The van der Waals surface area contributed by atoms with Gasteiger partial charge < -0.3 is 9.47 Å². The van der Waals surface area contributed by atoms with Crippen molar-refractivity contribution in [2.75, 3.05) is 21.3 Å². The van der Waals surface area contributed by atoms with E-state index in [9.17, 15) is 0 Å². The van der Waals surface area contributed by atoms with Gasteiger partial charge in [0.25, 0.3) is 0 Å². The monoisotopic (exact) mass is 296 g/mol. The molecule has 0 heterocycles. The Labute approximate surface area is 131 Å². The fourth-order valence-corrected chi connectivity index (χ4v) is 2.40. The molecule has 0 unspecified atom stereocenters. The van der Waals surface area contributed by atoms with E-state index >= 15 is 0 Å². The van der Waals surface area contributed by atoms with Gasteiger partial charge in [-0.05, 0) is 42.4 Å². The lowest BCUT2D eigenvalue weighted by Crippen LogP contribution is -2.17. The summed E-state index contributed by atoms with van der Waals surface area (Å²) in [5.41, 5.74) is 2.97. The largest absolute Gasteiger partial charge is 0.493 e. The van der Waals surface area contributed by atoms with E-state index in [0.29, 0.717) is 5.56 Å². The van der Waals surface area contributed by atoms with Crippen LogP contribution in [0.3, 0.4) is 0 Å². The molecule has 0 saturated carbocycles. The number of rotatable bonds is 6. The van der Waals surface area contributed by atoms with Gasteiger partial charge in [-0.15, -0.1) is 0 Å². The van der Waals surface area contributed by atoms with Gasteiger partial charge in [0.2, 0.25) is 0 Å². The van der Waals surface area contributed by atoms with Gasteiger partial charge in [-0.1, -0.05) is 18.2 Å². The van der Waals surface area contributed by atoms with Crippen LogP contribution < -0.4 is 9.47 Å². The maximum Gasteiger partial charge on any atom is 0.161 e. The van der Waals surface area contributed by atoms with Crippen molar-refractivity contribution in [1.29, 1.82) is 5.26 Å². The van der Waals surface area contributed by atoms with Crippen LogP contribution in [0.2, 0.25) is 0 Å². The number of nitriles is 1. The predicted octanol–water partition coefficient (Wildman–Crippen LogP) is 3.21. The van der Waals surface area contributed by atoms with E-state index in [1.54, 1.807) is 14.2 Å². The highest BCUT2D eigenvalue weighted by molar-refractivity contribution is 5.42. The van der Waals surface area contributed by atoms with E-state index in [4.69, 9.17) is 14.7 Å². The summed E-state index contributed by atoms with van der Waals surface area (Å²) < 4.78 is 10.6. The Morgan fingerprint density at radius 3 is 2.27 bits per heavy atom. The van der Waals surface area contributed by atoms with Gasteiger partial charge in [-0.3, -0.25) is 4.90 Å². The van der Waals surface area contributed by atoms with Crippen LogP contribution in [0.1, 0.15) is 16.7 Å². The summed E-state index contributed by atoms with van der Waals surface area (Å²) in [5, 5.41) is 8.95. The standard InChI is InChI=1S/C18H20N2O2/c1-20(12-15-6-4-5-14(9-15)11-19)13-16-7-8-17(21-2)18(10-16)22-3/h4-10H,12-13H2,1-3H3. The molecular formula is C18H20N2O2. The second-order valence-electron chi connectivity index (χ2n) is 5.17. The zero-order chi connectivity index (χ0) is 15.9. The highest BCUT2D eigenvalue weighted by Crippen LogP contribution is 2.28. The average molecular weight is 296 g/mol. The number of ether oxygens (including phenoxy) is 2. The van der Waals surface area contributed by atoms with Gasteiger partial charge in [-0.2, -0.15) is 5.26 Å². The summed E-state index contributed by atoms with van der Waals surface area (Å²) in [7, 11) is 5.32. The topological polar surface area (TPSA) is 45.5 Å². The van der Waals surface area contributed by atoms with E-state index in [1.165, 1.54) is 0 Å². The van der Waals surface area contributed by atoms with Crippen molar-refractivity contribution in [2.24, 2.45) is 0 Å². The minimum absolute atomic E-state index is 0.692. The van der Waals surface area contributed by atoms with E-state index in [0.717, 1.165) is 35.7 Å². The molecule has 0 aliphatic rings. The molecule has 0 saturated heterocycles. The lowest BCUT2D eigenvalue weighted by atomic mass is 10.1. The van der Waals surface area contributed by atoms with Crippen molar-refractivity contribution in [3.05, 3.63) is 59.2 Å². The molecule has 2 aromatic rings. The number of methoxy groups -OCH3 is 2. The molecule has 114 valence electrons. The first kappa shape index (κ1) is 15.9. The Morgan fingerprint density at radius 1 is 0.955 bits per heavy atom. The lowest BCUT2D eigenvalue weighted by Gasteiger charge is -2.18. The Balaban J connectivity index is 2.05. The van der Waals surface area contributed by atoms with Crippen LogP contribution in [-0.2, 0) is 13.1 Å². The lowest BCUT2D eigenvalue weighted by molar-refractivity contribution is 0.316. The Bertz CT molecular complexity index is 677. The smallest absolute Gasteiger partial charge is 0.161 e. The molecule has 0 aromatic heterocycles. The predicted molar refractivity (Wildman–Crippen MR) is 85.9 cm³/mol. The maximum atomic E-state index is 8.95. The molecule has 0 aliphatic heterocycles. The van der Waals surface area contributed by atoms with Gasteiger partial charge in [-0.25, -0.2) is 0 Å². The van der Waals surface area contributed by atoms with Gasteiger partial charge in [0.1, 0.15) is 0 Å². The highest BCUT2D eigenvalue weighted by Gasteiger charge is 2.07. The SMILES string of the molecule is COc1ccc(CN(C)Cc2cccc(C#N)c2)cc1OC. The molecule has 0 bridgehead atoms. The number of benzene rings is 2. The van der Waals surface area contributed by atoms with Crippen molar-refractivity contribution < 1.29 is 9.47 Å². The van der Waals surface area contributed by atoms with E-state index in [-0.39, 0.29) is 0 Å². The Hall–Kier alpha value is -2.51. The normalized spacial score (nSPS) is 10.3. The molecule has 0 fully saturated rings. The number of hydrogen-bond acceptors (Lipinski definition) is 4. The van der Waals surface area contributed by atoms with Crippen molar-refractivity contribution >= 4 is 0 Å². The third-order valence-corrected chi connectivity index (χ3v) is 3.41. The summed E-state index contributed by atoms with van der Waals surface area (Å²) in [6.07, 6.45) is 0.